The molecule has 2 N–H and O–H groups in total. The molecule has 42 heavy (non-hydrogen) atoms. The minimum absolute atomic E-state index is 0.0800. The van der Waals surface area contributed by atoms with E-state index < -0.39 is 29.7 Å². The summed E-state index contributed by atoms with van der Waals surface area (Å²) in [6.45, 7) is 2.18. The summed E-state index contributed by atoms with van der Waals surface area (Å²) in [4.78, 5) is 25.0. The summed E-state index contributed by atoms with van der Waals surface area (Å²) >= 11 is 1.51. The van der Waals surface area contributed by atoms with Crippen molar-refractivity contribution >= 4 is 23.6 Å². The number of amides is 1. The topological polar surface area (TPSA) is 88.8 Å². The van der Waals surface area contributed by atoms with Gasteiger partial charge in [0, 0.05) is 11.1 Å². The summed E-state index contributed by atoms with van der Waals surface area (Å²) in [7, 11) is 0. The van der Waals surface area contributed by atoms with E-state index in [2.05, 4.69) is 5.32 Å². The summed E-state index contributed by atoms with van der Waals surface area (Å²) < 4.78 is 50.8. The van der Waals surface area contributed by atoms with Crippen LogP contribution in [-0.2, 0) is 28.9 Å². The first-order valence-corrected chi connectivity index (χ1v) is 14.5. The molecule has 10 heteroatoms. The Morgan fingerprint density at radius 1 is 0.976 bits per heavy atom. The maximum atomic E-state index is 13.2. The summed E-state index contributed by atoms with van der Waals surface area (Å²) in [5, 5.41) is 12.2. The zero-order chi connectivity index (χ0) is 30.3. The molecule has 4 aromatic rings. The fraction of sp³-hybridized carbons (Fsp3) is 0.250. The number of nitrogens with one attached hydrogen (secondary N) is 1. The number of hydrogen-bond donors (Lipinski definition) is 2. The van der Waals surface area contributed by atoms with Gasteiger partial charge >= 0.3 is 12.1 Å². The maximum absolute atomic E-state index is 13.2. The minimum Gasteiger partial charge on any atom is -0.480 e. The Labute approximate surface area is 245 Å². The van der Waals surface area contributed by atoms with Gasteiger partial charge in [0.2, 0.25) is 0 Å². The molecule has 0 saturated carbocycles. The number of halogens is 3. The van der Waals surface area contributed by atoms with Crippen LogP contribution in [0.15, 0.2) is 83.3 Å². The molecule has 0 spiro atoms. The molecule has 0 unspecified atom stereocenters. The van der Waals surface area contributed by atoms with Crippen LogP contribution in [0.25, 0.3) is 22.5 Å². The lowest BCUT2D eigenvalue weighted by atomic mass is 9.93. The Kier molecular flexibility index (Phi) is 10.1. The predicted molar refractivity (Wildman–Crippen MR) is 156 cm³/mol. The molecule has 4 rings (SSSR count). The van der Waals surface area contributed by atoms with E-state index in [1.807, 2.05) is 43.5 Å². The van der Waals surface area contributed by atoms with Crippen LogP contribution < -0.4 is 5.32 Å². The first-order chi connectivity index (χ1) is 20.1. The second kappa shape index (κ2) is 13.8. The third-order valence-electron chi connectivity index (χ3n) is 6.63. The molecule has 0 aliphatic heterocycles. The number of carbonyl (C=O) groups is 2. The molecule has 1 heterocycles. The zero-order valence-corrected chi connectivity index (χ0v) is 23.9. The van der Waals surface area contributed by atoms with Gasteiger partial charge in [0.25, 0.3) is 5.91 Å². The highest BCUT2D eigenvalue weighted by molar-refractivity contribution is 7.98. The van der Waals surface area contributed by atoms with Gasteiger partial charge in [0.1, 0.15) is 24.2 Å². The third-order valence-corrected chi connectivity index (χ3v) is 7.27. The lowest BCUT2D eigenvalue weighted by Crippen LogP contribution is -2.41. The van der Waals surface area contributed by atoms with Crippen LogP contribution in [0.4, 0.5) is 13.2 Å². The van der Waals surface area contributed by atoms with Crippen molar-refractivity contribution in [3.05, 3.63) is 107 Å². The van der Waals surface area contributed by atoms with Gasteiger partial charge in [-0.1, -0.05) is 42.5 Å². The number of aliphatic carboxylic acids is 1. The molecule has 0 bridgehead atoms. The highest BCUT2D eigenvalue weighted by atomic mass is 32.2. The van der Waals surface area contributed by atoms with Crippen LogP contribution in [0.3, 0.4) is 0 Å². The lowest BCUT2D eigenvalue weighted by Gasteiger charge is -2.17. The molecular weight excluding hydrogens is 567 g/mol. The van der Waals surface area contributed by atoms with Crippen molar-refractivity contribution in [3.63, 3.8) is 0 Å². The van der Waals surface area contributed by atoms with Gasteiger partial charge in [-0.25, -0.2) is 4.79 Å². The van der Waals surface area contributed by atoms with Crippen LogP contribution in [0.5, 0.6) is 0 Å². The van der Waals surface area contributed by atoms with Gasteiger partial charge in [0.15, 0.2) is 0 Å². The summed E-state index contributed by atoms with van der Waals surface area (Å²) in [5.41, 5.74) is 3.09. The van der Waals surface area contributed by atoms with Gasteiger partial charge in [-0.2, -0.15) is 24.9 Å². The van der Waals surface area contributed by atoms with Crippen molar-refractivity contribution in [2.24, 2.45) is 0 Å². The Hall–Kier alpha value is -4.02. The van der Waals surface area contributed by atoms with Crippen molar-refractivity contribution in [1.82, 2.24) is 5.32 Å². The molecular formula is C32H30F3NO5S. The number of benzene rings is 3. The molecule has 0 radical (unpaired) electrons. The molecule has 0 fully saturated rings. The van der Waals surface area contributed by atoms with Crippen molar-refractivity contribution in [2.45, 2.75) is 38.8 Å². The van der Waals surface area contributed by atoms with Gasteiger partial charge in [-0.05, 0) is 84.0 Å². The number of aryl methyl sites for hydroxylation is 1. The normalized spacial score (nSPS) is 12.2. The number of carboxylic acid groups (broad SMARTS) is 1. The predicted octanol–water partition coefficient (Wildman–Crippen LogP) is 7.59. The van der Waals surface area contributed by atoms with E-state index >= 15 is 0 Å². The molecule has 1 aromatic heterocycles. The van der Waals surface area contributed by atoms with Crippen molar-refractivity contribution in [1.29, 1.82) is 0 Å². The molecule has 0 saturated heterocycles. The highest BCUT2D eigenvalue weighted by Crippen LogP contribution is 2.33. The highest BCUT2D eigenvalue weighted by Gasteiger charge is 2.30. The zero-order valence-electron chi connectivity index (χ0n) is 23.0. The molecule has 0 aliphatic rings. The number of alkyl halides is 3. The quantitative estimate of drug-likeness (QED) is 0.175. The Balaban J connectivity index is 1.50. The van der Waals surface area contributed by atoms with Crippen LogP contribution in [0.1, 0.15) is 39.2 Å². The second-order valence-corrected chi connectivity index (χ2v) is 10.7. The number of carbonyl (C=O) groups excluding carboxylic acids is 1. The fourth-order valence-corrected chi connectivity index (χ4v) is 4.91. The fourth-order valence-electron chi connectivity index (χ4n) is 4.44. The molecule has 1 atom stereocenters. The first kappa shape index (κ1) is 30.9. The molecule has 1 amide bonds. The molecule has 3 aromatic carbocycles. The monoisotopic (exact) mass is 597 g/mol. The van der Waals surface area contributed by atoms with E-state index in [0.29, 0.717) is 40.4 Å². The van der Waals surface area contributed by atoms with E-state index in [0.717, 1.165) is 28.8 Å². The van der Waals surface area contributed by atoms with E-state index in [4.69, 9.17) is 9.15 Å². The van der Waals surface area contributed by atoms with Crippen molar-refractivity contribution in [3.8, 4) is 22.5 Å². The van der Waals surface area contributed by atoms with Gasteiger partial charge < -0.3 is 19.6 Å². The van der Waals surface area contributed by atoms with Gasteiger partial charge in [-0.15, -0.1) is 0 Å². The van der Waals surface area contributed by atoms with Gasteiger partial charge in [-0.3, -0.25) is 4.79 Å². The number of carboxylic acids is 1. The first-order valence-electron chi connectivity index (χ1n) is 13.1. The number of furan rings is 1. The average molecular weight is 598 g/mol. The van der Waals surface area contributed by atoms with Crippen LogP contribution >= 0.6 is 11.8 Å². The summed E-state index contributed by atoms with van der Waals surface area (Å²) in [5.74, 6) is -0.229. The average Bonchev–Trinajstić information content (AvgIpc) is 3.44. The SMILES string of the molecule is CSCC[C@H](NC(=O)c1ccc(COCc2ccc(-c3cccc(C(F)(F)F)c3)o2)cc1-c1ccccc1C)C(=O)O. The Morgan fingerprint density at radius 2 is 1.76 bits per heavy atom. The Bertz CT molecular complexity index is 1550. The number of hydrogen-bond acceptors (Lipinski definition) is 5. The molecule has 6 nitrogen and oxygen atoms in total. The molecule has 0 aliphatic carbocycles. The smallest absolute Gasteiger partial charge is 0.416 e. The second-order valence-electron chi connectivity index (χ2n) is 9.68. The standard InChI is InChI=1S/C32H30F3NO5S/c1-20-6-3-4-9-25(20)27-16-21(10-12-26(27)30(37)36-28(31(38)39)14-15-42-2)18-40-19-24-11-13-29(41-24)22-7-5-8-23(17-22)32(33,34)35/h3-13,16-17,28H,14-15,18-19H2,1-2H3,(H,36,37)(H,38,39)/t28-/m0/s1. The van der Waals surface area contributed by atoms with Crippen molar-refractivity contribution < 1.29 is 37.0 Å². The lowest BCUT2D eigenvalue weighted by molar-refractivity contribution is -0.139. The minimum atomic E-state index is -4.45. The summed E-state index contributed by atoms with van der Waals surface area (Å²) in [6, 6.07) is 20.0. The largest absolute Gasteiger partial charge is 0.480 e. The van der Waals surface area contributed by atoms with E-state index in [1.54, 1.807) is 30.3 Å². The van der Waals surface area contributed by atoms with Crippen LogP contribution in [-0.4, -0.2) is 35.0 Å². The van der Waals surface area contributed by atoms with E-state index in [1.165, 1.54) is 17.8 Å². The van der Waals surface area contributed by atoms with E-state index in [-0.39, 0.29) is 13.2 Å². The summed E-state index contributed by atoms with van der Waals surface area (Å²) in [6.07, 6.45) is -2.27. The maximum Gasteiger partial charge on any atom is 0.416 e. The van der Waals surface area contributed by atoms with E-state index in [9.17, 15) is 27.9 Å². The number of ether oxygens (including phenoxy) is 1. The van der Waals surface area contributed by atoms with Gasteiger partial charge in [0.05, 0.1) is 12.2 Å². The molecule has 220 valence electrons. The third kappa shape index (κ3) is 7.83. The number of rotatable bonds is 12. The number of thioether (sulfide) groups is 1. The Morgan fingerprint density at radius 3 is 2.48 bits per heavy atom. The van der Waals surface area contributed by atoms with Crippen LogP contribution in [0, 0.1) is 6.92 Å². The van der Waals surface area contributed by atoms with Crippen molar-refractivity contribution in [2.75, 3.05) is 12.0 Å². The van der Waals surface area contributed by atoms with Crippen LogP contribution in [0.2, 0.25) is 0 Å².